The van der Waals surface area contributed by atoms with E-state index in [0.717, 1.165) is 24.8 Å². The maximum Gasteiger partial charge on any atom is 0.237 e. The summed E-state index contributed by atoms with van der Waals surface area (Å²) in [5.74, 6) is -0.0510. The van der Waals surface area contributed by atoms with Gasteiger partial charge in [0.05, 0.1) is 12.1 Å². The largest absolute Gasteiger partial charge is 0.348 e. The zero-order valence-corrected chi connectivity index (χ0v) is 13.1. The predicted molar refractivity (Wildman–Crippen MR) is 84.3 cm³/mol. The number of rotatable bonds is 6. The number of nitrogens with one attached hydrogen (secondary N) is 1. The molecule has 0 spiro atoms. The Kier molecular flexibility index (Phi) is 6.21. The second kappa shape index (κ2) is 7.44. The molecule has 1 rings (SSSR count). The Morgan fingerprint density at radius 3 is 2.35 bits per heavy atom. The molecular weight excluding hydrogens is 248 g/mol. The van der Waals surface area contributed by atoms with Crippen molar-refractivity contribution in [2.75, 3.05) is 0 Å². The van der Waals surface area contributed by atoms with Gasteiger partial charge in [-0.2, -0.15) is 0 Å². The summed E-state index contributed by atoms with van der Waals surface area (Å²) in [6.07, 6.45) is 2.54. The molecule has 0 aromatic heterocycles. The number of hydrogen-bond acceptors (Lipinski definition) is 2. The first-order valence-electron chi connectivity index (χ1n) is 7.44. The smallest absolute Gasteiger partial charge is 0.237 e. The Balaban J connectivity index is 2.81. The highest BCUT2D eigenvalue weighted by molar-refractivity contribution is 5.81. The molecule has 0 bridgehead atoms. The molecule has 20 heavy (non-hydrogen) atoms. The molecule has 0 aliphatic rings. The third-order valence-corrected chi connectivity index (χ3v) is 3.27. The van der Waals surface area contributed by atoms with Gasteiger partial charge in [0.2, 0.25) is 5.91 Å². The van der Waals surface area contributed by atoms with Gasteiger partial charge in [-0.05, 0) is 23.8 Å². The second-order valence-electron chi connectivity index (χ2n) is 6.63. The Morgan fingerprint density at radius 2 is 1.85 bits per heavy atom. The van der Waals surface area contributed by atoms with E-state index in [1.54, 1.807) is 0 Å². The average molecular weight is 276 g/mol. The van der Waals surface area contributed by atoms with Crippen LogP contribution in [0.5, 0.6) is 0 Å². The third kappa shape index (κ3) is 5.74. The molecular formula is C17H28N2O. The Bertz CT molecular complexity index is 409. The first kappa shape index (κ1) is 16.7. The molecule has 0 heterocycles. The molecule has 2 atom stereocenters. The minimum atomic E-state index is -0.411. The molecule has 1 aromatic carbocycles. The monoisotopic (exact) mass is 276 g/mol. The topological polar surface area (TPSA) is 55.1 Å². The fourth-order valence-electron chi connectivity index (χ4n) is 2.27. The fourth-order valence-corrected chi connectivity index (χ4v) is 2.27. The molecule has 2 unspecified atom stereocenters. The highest BCUT2D eigenvalue weighted by Gasteiger charge is 2.23. The van der Waals surface area contributed by atoms with E-state index >= 15 is 0 Å². The molecule has 0 radical (unpaired) electrons. The first-order chi connectivity index (χ1) is 9.33. The van der Waals surface area contributed by atoms with Gasteiger partial charge in [0.1, 0.15) is 0 Å². The van der Waals surface area contributed by atoms with E-state index in [2.05, 4.69) is 38.2 Å². The Hall–Kier alpha value is -1.35. The minimum absolute atomic E-state index is 0.0200. The van der Waals surface area contributed by atoms with Gasteiger partial charge in [0.25, 0.3) is 0 Å². The summed E-state index contributed by atoms with van der Waals surface area (Å²) in [6.45, 7) is 8.58. The number of carbonyl (C=O) groups excluding carboxylic acids is 1. The van der Waals surface area contributed by atoms with Gasteiger partial charge < -0.3 is 11.1 Å². The maximum atomic E-state index is 12.2. The summed E-state index contributed by atoms with van der Waals surface area (Å²) in [7, 11) is 0. The van der Waals surface area contributed by atoms with Gasteiger partial charge in [-0.3, -0.25) is 4.79 Å². The van der Waals surface area contributed by atoms with Crippen LogP contribution in [0.2, 0.25) is 0 Å². The van der Waals surface area contributed by atoms with Crippen molar-refractivity contribution in [1.29, 1.82) is 0 Å². The van der Waals surface area contributed by atoms with Crippen LogP contribution in [0.4, 0.5) is 0 Å². The van der Waals surface area contributed by atoms with E-state index < -0.39 is 6.04 Å². The first-order valence-corrected chi connectivity index (χ1v) is 7.44. The van der Waals surface area contributed by atoms with Crippen LogP contribution >= 0.6 is 0 Å². The van der Waals surface area contributed by atoms with Crippen molar-refractivity contribution < 1.29 is 4.79 Å². The molecule has 3 heteroatoms. The molecule has 0 aliphatic carbocycles. The van der Waals surface area contributed by atoms with Crippen LogP contribution < -0.4 is 11.1 Å². The van der Waals surface area contributed by atoms with Crippen LogP contribution in [0.15, 0.2) is 30.3 Å². The lowest BCUT2D eigenvalue weighted by atomic mass is 9.85. The van der Waals surface area contributed by atoms with E-state index in [9.17, 15) is 4.79 Å². The zero-order valence-electron chi connectivity index (χ0n) is 13.1. The number of hydrogen-bond donors (Lipinski definition) is 2. The third-order valence-electron chi connectivity index (χ3n) is 3.27. The van der Waals surface area contributed by atoms with Crippen LogP contribution in [0, 0.1) is 5.41 Å². The molecule has 112 valence electrons. The summed E-state index contributed by atoms with van der Waals surface area (Å²) in [6, 6.07) is 9.72. The molecule has 0 saturated carbocycles. The summed E-state index contributed by atoms with van der Waals surface area (Å²) in [4.78, 5) is 12.2. The van der Waals surface area contributed by atoms with Gasteiger partial charge in [-0.15, -0.1) is 0 Å². The molecule has 3 nitrogen and oxygen atoms in total. The SMILES string of the molecule is CCCC(N)C(=O)NC(CC(C)(C)C)c1ccccc1. The lowest BCUT2D eigenvalue weighted by Crippen LogP contribution is -2.42. The molecule has 0 aliphatic heterocycles. The van der Waals surface area contributed by atoms with Gasteiger partial charge >= 0.3 is 0 Å². The van der Waals surface area contributed by atoms with Gasteiger partial charge in [-0.1, -0.05) is 64.4 Å². The van der Waals surface area contributed by atoms with E-state index in [-0.39, 0.29) is 17.4 Å². The fraction of sp³-hybridized carbons (Fsp3) is 0.588. The molecule has 0 fully saturated rings. The van der Waals surface area contributed by atoms with Crippen molar-refractivity contribution in [3.05, 3.63) is 35.9 Å². The summed E-state index contributed by atoms with van der Waals surface area (Å²) >= 11 is 0. The van der Waals surface area contributed by atoms with Crippen molar-refractivity contribution in [2.24, 2.45) is 11.1 Å². The Labute approximate surface area is 122 Å². The van der Waals surface area contributed by atoms with Crippen LogP contribution in [0.25, 0.3) is 0 Å². The average Bonchev–Trinajstić information content (AvgIpc) is 2.37. The standard InChI is InChI=1S/C17H28N2O/c1-5-9-14(18)16(20)19-15(12-17(2,3)4)13-10-7-6-8-11-13/h6-8,10-11,14-15H,5,9,12,18H2,1-4H3,(H,19,20). The maximum absolute atomic E-state index is 12.2. The second-order valence-corrected chi connectivity index (χ2v) is 6.63. The van der Waals surface area contributed by atoms with Crippen molar-refractivity contribution in [2.45, 2.75) is 59.0 Å². The molecule has 3 N–H and O–H groups in total. The highest BCUT2D eigenvalue weighted by Crippen LogP contribution is 2.29. The zero-order chi connectivity index (χ0) is 15.2. The van der Waals surface area contributed by atoms with Crippen molar-refractivity contribution in [3.63, 3.8) is 0 Å². The van der Waals surface area contributed by atoms with Crippen molar-refractivity contribution in [3.8, 4) is 0 Å². The molecule has 1 amide bonds. The number of nitrogens with two attached hydrogens (primary N) is 1. The lowest BCUT2D eigenvalue weighted by molar-refractivity contribution is -0.123. The lowest BCUT2D eigenvalue weighted by Gasteiger charge is -2.28. The van der Waals surface area contributed by atoms with Gasteiger partial charge in [-0.25, -0.2) is 0 Å². The molecule has 1 aromatic rings. The van der Waals surface area contributed by atoms with Crippen molar-refractivity contribution >= 4 is 5.91 Å². The Morgan fingerprint density at radius 1 is 1.25 bits per heavy atom. The molecule has 0 saturated heterocycles. The summed E-state index contributed by atoms with van der Waals surface area (Å²) in [5, 5.41) is 3.11. The van der Waals surface area contributed by atoms with E-state index in [1.165, 1.54) is 0 Å². The van der Waals surface area contributed by atoms with Gasteiger partial charge in [0, 0.05) is 0 Å². The summed E-state index contributed by atoms with van der Waals surface area (Å²) in [5.41, 5.74) is 7.19. The number of amides is 1. The van der Waals surface area contributed by atoms with Crippen molar-refractivity contribution in [1.82, 2.24) is 5.32 Å². The van der Waals surface area contributed by atoms with Gasteiger partial charge in [0.15, 0.2) is 0 Å². The van der Waals surface area contributed by atoms with Crippen LogP contribution in [0.3, 0.4) is 0 Å². The number of benzene rings is 1. The van der Waals surface area contributed by atoms with Crippen LogP contribution in [0.1, 0.15) is 58.6 Å². The van der Waals surface area contributed by atoms with E-state index in [1.807, 2.05) is 25.1 Å². The van der Waals surface area contributed by atoms with E-state index in [0.29, 0.717) is 0 Å². The quantitative estimate of drug-likeness (QED) is 0.836. The predicted octanol–water partition coefficient (Wildman–Crippen LogP) is 3.41. The number of carbonyl (C=O) groups is 1. The normalized spacial score (nSPS) is 14.7. The van der Waals surface area contributed by atoms with E-state index in [4.69, 9.17) is 5.73 Å². The van der Waals surface area contributed by atoms with Crippen LogP contribution in [-0.2, 0) is 4.79 Å². The minimum Gasteiger partial charge on any atom is -0.348 e. The van der Waals surface area contributed by atoms with Crippen LogP contribution in [-0.4, -0.2) is 11.9 Å². The summed E-state index contributed by atoms with van der Waals surface area (Å²) < 4.78 is 0. The highest BCUT2D eigenvalue weighted by atomic mass is 16.2.